The predicted octanol–water partition coefficient (Wildman–Crippen LogP) is 5.90. The van der Waals surface area contributed by atoms with Crippen molar-refractivity contribution in [1.29, 1.82) is 0 Å². The Bertz CT molecular complexity index is 1560. The molecule has 7 heteroatoms. The van der Waals surface area contributed by atoms with Crippen LogP contribution in [0.3, 0.4) is 0 Å². The van der Waals surface area contributed by atoms with E-state index in [9.17, 15) is 4.79 Å². The fourth-order valence-electron chi connectivity index (χ4n) is 4.21. The van der Waals surface area contributed by atoms with Crippen molar-refractivity contribution in [1.82, 2.24) is 24.1 Å². The van der Waals surface area contributed by atoms with E-state index in [2.05, 4.69) is 71.9 Å². The quantitative estimate of drug-likeness (QED) is 0.275. The van der Waals surface area contributed by atoms with Gasteiger partial charge in [-0.05, 0) is 35.6 Å². The zero-order chi connectivity index (χ0) is 25.3. The van der Waals surface area contributed by atoms with Gasteiger partial charge in [-0.3, -0.25) is 13.8 Å². The van der Waals surface area contributed by atoms with E-state index < -0.39 is 0 Å². The molecule has 5 aromatic rings. The molecule has 5 rings (SSSR count). The molecule has 0 bridgehead atoms. The van der Waals surface area contributed by atoms with E-state index in [0.29, 0.717) is 17.9 Å². The summed E-state index contributed by atoms with van der Waals surface area (Å²) in [7, 11) is 0. The van der Waals surface area contributed by atoms with Gasteiger partial charge in [0, 0.05) is 23.1 Å². The molecular formula is C29H29N5OS. The van der Waals surface area contributed by atoms with E-state index in [1.807, 2.05) is 43.3 Å². The van der Waals surface area contributed by atoms with Crippen LogP contribution < -0.4 is 5.56 Å². The van der Waals surface area contributed by atoms with Crippen LogP contribution in [0.15, 0.2) is 88.8 Å². The second kappa shape index (κ2) is 9.74. The summed E-state index contributed by atoms with van der Waals surface area (Å²) in [6.07, 6.45) is 0. The molecule has 0 aliphatic carbocycles. The van der Waals surface area contributed by atoms with Gasteiger partial charge in [0.2, 0.25) is 0 Å². The standard InChI is InChI=1S/C29H29N5OS/c1-20-9-8-12-25-30-24(17-26(35)34(20)25)19-36-28-32-31-27(33(28)18-21-10-6-5-7-11-21)22-13-15-23(16-14-22)29(2,3)4/h5-17H,18-19H2,1-4H3. The normalized spacial score (nSPS) is 11.8. The van der Waals surface area contributed by atoms with Crippen molar-refractivity contribution in [2.75, 3.05) is 0 Å². The lowest BCUT2D eigenvalue weighted by atomic mass is 9.87. The maximum Gasteiger partial charge on any atom is 0.258 e. The largest absolute Gasteiger partial charge is 0.298 e. The fourth-order valence-corrected chi connectivity index (χ4v) is 5.04. The SMILES string of the molecule is Cc1cccc2nc(CSc3nnc(-c4ccc(C(C)(C)C)cc4)n3Cc3ccccc3)cc(=O)n12. The summed E-state index contributed by atoms with van der Waals surface area (Å²) in [5.74, 6) is 1.35. The van der Waals surface area contributed by atoms with Gasteiger partial charge in [-0.15, -0.1) is 10.2 Å². The Hall–Kier alpha value is -3.71. The van der Waals surface area contributed by atoms with Crippen LogP contribution in [0.25, 0.3) is 17.0 Å². The lowest BCUT2D eigenvalue weighted by Crippen LogP contribution is -2.17. The van der Waals surface area contributed by atoms with Gasteiger partial charge in [-0.2, -0.15) is 0 Å². The molecule has 0 saturated carbocycles. The van der Waals surface area contributed by atoms with Crippen LogP contribution in [0, 0.1) is 6.92 Å². The van der Waals surface area contributed by atoms with E-state index in [0.717, 1.165) is 27.9 Å². The zero-order valence-electron chi connectivity index (χ0n) is 21.0. The minimum Gasteiger partial charge on any atom is -0.298 e. The molecule has 2 aromatic carbocycles. The molecule has 0 radical (unpaired) electrons. The number of rotatable bonds is 6. The van der Waals surface area contributed by atoms with E-state index in [1.54, 1.807) is 22.2 Å². The molecule has 0 saturated heterocycles. The number of aromatic nitrogens is 5. The second-order valence-electron chi connectivity index (χ2n) is 9.94. The highest BCUT2D eigenvalue weighted by Gasteiger charge is 2.18. The Morgan fingerprint density at radius 1 is 0.889 bits per heavy atom. The van der Waals surface area contributed by atoms with Gasteiger partial charge in [-0.25, -0.2) is 4.98 Å². The van der Waals surface area contributed by atoms with Crippen LogP contribution in [0.4, 0.5) is 0 Å². The molecule has 0 fully saturated rings. The van der Waals surface area contributed by atoms with Crippen LogP contribution in [0.1, 0.15) is 43.3 Å². The summed E-state index contributed by atoms with van der Waals surface area (Å²) in [5.41, 5.74) is 5.73. The molecule has 0 unspecified atom stereocenters. The molecular weight excluding hydrogens is 466 g/mol. The Balaban J connectivity index is 1.48. The third kappa shape index (κ3) is 4.97. The fraction of sp³-hybridized carbons (Fsp3) is 0.241. The third-order valence-electron chi connectivity index (χ3n) is 6.19. The monoisotopic (exact) mass is 495 g/mol. The summed E-state index contributed by atoms with van der Waals surface area (Å²) in [6, 6.07) is 26.2. The summed E-state index contributed by atoms with van der Waals surface area (Å²) in [5, 5.41) is 9.90. The van der Waals surface area contributed by atoms with Gasteiger partial charge in [0.25, 0.3) is 5.56 Å². The van der Waals surface area contributed by atoms with Crippen molar-refractivity contribution in [2.24, 2.45) is 0 Å². The molecule has 0 aliphatic heterocycles. The number of aryl methyl sites for hydroxylation is 1. The van der Waals surface area contributed by atoms with Crippen molar-refractivity contribution in [3.05, 3.63) is 112 Å². The molecule has 0 amide bonds. The van der Waals surface area contributed by atoms with E-state index in [-0.39, 0.29) is 11.0 Å². The molecule has 3 heterocycles. The van der Waals surface area contributed by atoms with Gasteiger partial charge in [0.05, 0.1) is 12.2 Å². The van der Waals surface area contributed by atoms with E-state index in [1.165, 1.54) is 11.1 Å². The smallest absolute Gasteiger partial charge is 0.258 e. The second-order valence-corrected chi connectivity index (χ2v) is 10.9. The Labute approximate surface area is 215 Å². The summed E-state index contributed by atoms with van der Waals surface area (Å²) in [6.45, 7) is 9.19. The van der Waals surface area contributed by atoms with Crippen molar-refractivity contribution in [3.63, 3.8) is 0 Å². The van der Waals surface area contributed by atoms with Gasteiger partial charge < -0.3 is 0 Å². The maximum absolute atomic E-state index is 12.7. The number of thioether (sulfide) groups is 1. The highest BCUT2D eigenvalue weighted by molar-refractivity contribution is 7.98. The molecule has 0 atom stereocenters. The van der Waals surface area contributed by atoms with Crippen molar-refractivity contribution >= 4 is 17.4 Å². The van der Waals surface area contributed by atoms with Gasteiger partial charge >= 0.3 is 0 Å². The van der Waals surface area contributed by atoms with Gasteiger partial charge in [0.15, 0.2) is 11.0 Å². The van der Waals surface area contributed by atoms with Gasteiger partial charge in [-0.1, -0.05) is 93.2 Å². The summed E-state index contributed by atoms with van der Waals surface area (Å²) in [4.78, 5) is 17.4. The third-order valence-corrected chi connectivity index (χ3v) is 7.19. The number of pyridine rings is 1. The Kier molecular flexibility index (Phi) is 6.49. The predicted molar refractivity (Wildman–Crippen MR) is 145 cm³/mol. The average Bonchev–Trinajstić information content (AvgIpc) is 3.25. The zero-order valence-corrected chi connectivity index (χ0v) is 21.8. The minimum atomic E-state index is -0.0703. The van der Waals surface area contributed by atoms with Crippen LogP contribution in [0.2, 0.25) is 0 Å². The van der Waals surface area contributed by atoms with Crippen LogP contribution in [0.5, 0.6) is 0 Å². The van der Waals surface area contributed by atoms with Crippen LogP contribution in [-0.4, -0.2) is 24.1 Å². The molecule has 3 aromatic heterocycles. The van der Waals surface area contributed by atoms with E-state index >= 15 is 0 Å². The van der Waals surface area contributed by atoms with Gasteiger partial charge in [0.1, 0.15) is 5.65 Å². The molecule has 6 nitrogen and oxygen atoms in total. The molecule has 0 N–H and O–H groups in total. The highest BCUT2D eigenvalue weighted by Crippen LogP contribution is 2.29. The number of fused-ring (bicyclic) bond motifs is 1. The van der Waals surface area contributed by atoms with Crippen molar-refractivity contribution in [3.8, 4) is 11.4 Å². The molecule has 0 spiro atoms. The topological polar surface area (TPSA) is 65.1 Å². The lowest BCUT2D eigenvalue weighted by Gasteiger charge is -2.19. The highest BCUT2D eigenvalue weighted by atomic mass is 32.2. The molecule has 182 valence electrons. The summed E-state index contributed by atoms with van der Waals surface area (Å²) >= 11 is 1.54. The average molecular weight is 496 g/mol. The molecule has 36 heavy (non-hydrogen) atoms. The number of benzene rings is 2. The first kappa shape index (κ1) is 24.0. The number of nitrogens with zero attached hydrogens (tertiary/aromatic N) is 5. The first-order valence-corrected chi connectivity index (χ1v) is 13.0. The number of hydrogen-bond acceptors (Lipinski definition) is 5. The van der Waals surface area contributed by atoms with Crippen LogP contribution >= 0.6 is 11.8 Å². The molecule has 0 aliphatic rings. The number of hydrogen-bond donors (Lipinski definition) is 0. The Morgan fingerprint density at radius 2 is 1.64 bits per heavy atom. The summed E-state index contributed by atoms with van der Waals surface area (Å²) < 4.78 is 3.77. The first-order chi connectivity index (χ1) is 17.3. The van der Waals surface area contributed by atoms with Crippen molar-refractivity contribution < 1.29 is 0 Å². The first-order valence-electron chi connectivity index (χ1n) is 12.0. The van der Waals surface area contributed by atoms with E-state index in [4.69, 9.17) is 4.98 Å². The van der Waals surface area contributed by atoms with Crippen LogP contribution in [-0.2, 0) is 17.7 Å². The Morgan fingerprint density at radius 3 is 2.36 bits per heavy atom. The lowest BCUT2D eigenvalue weighted by molar-refractivity contribution is 0.590. The maximum atomic E-state index is 12.7. The van der Waals surface area contributed by atoms with Crippen molar-refractivity contribution in [2.45, 2.75) is 50.6 Å². The minimum absolute atomic E-state index is 0.0703.